The lowest BCUT2D eigenvalue weighted by Crippen LogP contribution is -2.23. The Kier molecular flexibility index (Phi) is 6.42. The second kappa shape index (κ2) is 9.96. The quantitative estimate of drug-likeness (QED) is 0.286. The van der Waals surface area contributed by atoms with Gasteiger partial charge in [0.15, 0.2) is 5.69 Å². The number of aromatic amines is 1. The molecule has 5 rings (SSSR count). The zero-order chi connectivity index (χ0) is 24.2. The third-order valence-electron chi connectivity index (χ3n) is 5.10. The highest BCUT2D eigenvalue weighted by molar-refractivity contribution is 6.38. The maximum Gasteiger partial charge on any atom is 0.272 e. The number of amides is 1. The first-order valence-corrected chi connectivity index (χ1v) is 11.3. The molecule has 11 heteroatoms. The van der Waals surface area contributed by atoms with Crippen LogP contribution in [-0.2, 0) is 6.54 Å². The lowest BCUT2D eigenvalue weighted by Gasteiger charge is -2.13. The van der Waals surface area contributed by atoms with Gasteiger partial charge >= 0.3 is 0 Å². The van der Waals surface area contributed by atoms with Crippen LogP contribution in [0.5, 0.6) is 0 Å². The Morgan fingerprint density at radius 2 is 1.83 bits per heavy atom. The second-order valence-corrected chi connectivity index (χ2v) is 8.27. The first-order chi connectivity index (χ1) is 17.1. The molecule has 3 heterocycles. The monoisotopic (exact) mass is 504 g/mol. The van der Waals surface area contributed by atoms with E-state index in [1.54, 1.807) is 23.0 Å². The van der Waals surface area contributed by atoms with E-state index in [4.69, 9.17) is 23.2 Å². The summed E-state index contributed by atoms with van der Waals surface area (Å²) in [7, 11) is 0. The van der Waals surface area contributed by atoms with Gasteiger partial charge in [-0.1, -0.05) is 47.5 Å². The largest absolute Gasteiger partial charge is 0.345 e. The summed E-state index contributed by atoms with van der Waals surface area (Å²) in [5.41, 5.74) is 3.60. The van der Waals surface area contributed by atoms with Crippen LogP contribution in [-0.4, -0.2) is 36.1 Å². The van der Waals surface area contributed by atoms with Crippen molar-refractivity contribution in [2.45, 2.75) is 6.54 Å². The van der Waals surface area contributed by atoms with Crippen LogP contribution in [0.15, 0.2) is 79.1 Å². The summed E-state index contributed by atoms with van der Waals surface area (Å²) in [4.78, 5) is 17.2. The SMILES string of the molecule is O=C(NCc1cn[nH]n1)c1cc(Nc2cc(-c3ccccn3)c(Cl)cc2Cl)n(-c2ccccc2)n1. The van der Waals surface area contributed by atoms with E-state index in [1.807, 2.05) is 54.6 Å². The number of pyridine rings is 1. The number of aromatic nitrogens is 6. The van der Waals surface area contributed by atoms with Gasteiger partial charge in [0, 0.05) is 17.8 Å². The lowest BCUT2D eigenvalue weighted by molar-refractivity contribution is 0.0945. The summed E-state index contributed by atoms with van der Waals surface area (Å²) in [6, 6.07) is 20.2. The molecular weight excluding hydrogens is 487 g/mol. The highest BCUT2D eigenvalue weighted by atomic mass is 35.5. The Hall–Kier alpha value is -4.21. The number of nitrogens with zero attached hydrogens (tertiary/aromatic N) is 5. The molecule has 0 aliphatic rings. The van der Waals surface area contributed by atoms with Crippen molar-refractivity contribution in [2.24, 2.45) is 0 Å². The summed E-state index contributed by atoms with van der Waals surface area (Å²) in [5, 5.41) is 21.7. The van der Waals surface area contributed by atoms with E-state index < -0.39 is 0 Å². The molecule has 3 aromatic heterocycles. The zero-order valence-corrected chi connectivity index (χ0v) is 19.6. The fourth-order valence-electron chi connectivity index (χ4n) is 3.42. The molecule has 3 N–H and O–H groups in total. The number of carbonyl (C=O) groups is 1. The number of carbonyl (C=O) groups excluding carboxylic acids is 1. The molecule has 0 fully saturated rings. The van der Waals surface area contributed by atoms with Gasteiger partial charge in [-0.25, -0.2) is 4.68 Å². The molecule has 0 atom stereocenters. The van der Waals surface area contributed by atoms with Crippen molar-refractivity contribution in [3.8, 4) is 16.9 Å². The molecule has 0 saturated heterocycles. The van der Waals surface area contributed by atoms with E-state index in [-0.39, 0.29) is 18.1 Å². The van der Waals surface area contributed by atoms with Crippen LogP contribution in [0.3, 0.4) is 0 Å². The van der Waals surface area contributed by atoms with Crippen molar-refractivity contribution in [3.63, 3.8) is 0 Å². The maximum absolute atomic E-state index is 12.8. The van der Waals surface area contributed by atoms with Crippen LogP contribution in [0.1, 0.15) is 16.2 Å². The summed E-state index contributed by atoms with van der Waals surface area (Å²) < 4.78 is 1.64. The molecule has 0 radical (unpaired) electrons. The number of hydrogen-bond donors (Lipinski definition) is 3. The standard InChI is InChI=1S/C24H18Cl2N8O/c25-18-11-19(26)21(10-17(18)20-8-4-5-9-27-20)30-23-12-22(24(35)28-13-15-14-29-33-31-15)32-34(23)16-6-2-1-3-7-16/h1-12,14,30H,13H2,(H,28,35)(H,29,31,33). The minimum atomic E-state index is -0.359. The summed E-state index contributed by atoms with van der Waals surface area (Å²) in [6.07, 6.45) is 3.24. The van der Waals surface area contributed by atoms with Crippen LogP contribution in [0.25, 0.3) is 16.9 Å². The average molecular weight is 505 g/mol. The zero-order valence-electron chi connectivity index (χ0n) is 18.1. The highest BCUT2D eigenvalue weighted by Gasteiger charge is 2.18. The third-order valence-corrected chi connectivity index (χ3v) is 5.72. The van der Waals surface area contributed by atoms with E-state index >= 15 is 0 Å². The normalized spacial score (nSPS) is 10.8. The van der Waals surface area contributed by atoms with E-state index in [1.165, 1.54) is 6.20 Å². The molecule has 0 spiro atoms. The summed E-state index contributed by atoms with van der Waals surface area (Å²) in [5.74, 6) is 0.182. The van der Waals surface area contributed by atoms with E-state index in [2.05, 4.69) is 36.1 Å². The van der Waals surface area contributed by atoms with E-state index in [0.29, 0.717) is 32.9 Å². The molecule has 35 heavy (non-hydrogen) atoms. The number of rotatable bonds is 7. The van der Waals surface area contributed by atoms with Crippen LogP contribution < -0.4 is 10.6 Å². The molecular formula is C24H18Cl2N8O. The van der Waals surface area contributed by atoms with Crippen molar-refractivity contribution in [2.75, 3.05) is 5.32 Å². The Morgan fingerprint density at radius 3 is 2.57 bits per heavy atom. The van der Waals surface area contributed by atoms with Crippen molar-refractivity contribution >= 4 is 40.6 Å². The van der Waals surface area contributed by atoms with Gasteiger partial charge in [0.1, 0.15) is 11.5 Å². The predicted octanol–water partition coefficient (Wildman–Crippen LogP) is 5.03. The number of nitrogens with one attached hydrogen (secondary N) is 3. The fourth-order valence-corrected chi connectivity index (χ4v) is 3.95. The fraction of sp³-hybridized carbons (Fsp3) is 0.0417. The van der Waals surface area contributed by atoms with Crippen LogP contribution in [0.4, 0.5) is 11.5 Å². The van der Waals surface area contributed by atoms with Crippen LogP contribution in [0, 0.1) is 0 Å². The Bertz CT molecular complexity index is 1450. The van der Waals surface area contributed by atoms with Gasteiger partial charge < -0.3 is 10.6 Å². The number of anilines is 2. The highest BCUT2D eigenvalue weighted by Crippen LogP contribution is 2.36. The van der Waals surface area contributed by atoms with Crippen molar-refractivity contribution in [3.05, 3.63) is 101 Å². The molecule has 0 unspecified atom stereocenters. The van der Waals surface area contributed by atoms with Crippen molar-refractivity contribution in [1.82, 2.24) is 35.5 Å². The molecule has 5 aromatic rings. The minimum Gasteiger partial charge on any atom is -0.345 e. The molecule has 0 bridgehead atoms. The van der Waals surface area contributed by atoms with Crippen molar-refractivity contribution in [1.29, 1.82) is 0 Å². The number of para-hydroxylation sites is 1. The Morgan fingerprint density at radius 1 is 1.00 bits per heavy atom. The first kappa shape index (κ1) is 22.6. The second-order valence-electron chi connectivity index (χ2n) is 7.46. The number of H-pyrrole nitrogens is 1. The van der Waals surface area contributed by atoms with Crippen molar-refractivity contribution < 1.29 is 4.79 Å². The van der Waals surface area contributed by atoms with Gasteiger partial charge in [0.05, 0.1) is 39.9 Å². The lowest BCUT2D eigenvalue weighted by atomic mass is 10.1. The molecule has 2 aromatic carbocycles. The molecule has 174 valence electrons. The first-order valence-electron chi connectivity index (χ1n) is 10.5. The third kappa shape index (κ3) is 5.01. The Labute approximate surface area is 210 Å². The van der Waals surface area contributed by atoms with Gasteiger partial charge in [0.2, 0.25) is 0 Å². The Balaban J connectivity index is 1.50. The van der Waals surface area contributed by atoms with E-state index in [0.717, 1.165) is 11.3 Å². The van der Waals surface area contributed by atoms with Gasteiger partial charge in [-0.2, -0.15) is 20.5 Å². The number of benzene rings is 2. The molecule has 0 saturated carbocycles. The summed E-state index contributed by atoms with van der Waals surface area (Å²) >= 11 is 13.0. The number of halogens is 2. The topological polar surface area (TPSA) is 113 Å². The van der Waals surface area contributed by atoms with Gasteiger partial charge in [-0.3, -0.25) is 9.78 Å². The smallest absolute Gasteiger partial charge is 0.272 e. The molecule has 9 nitrogen and oxygen atoms in total. The predicted molar refractivity (Wildman–Crippen MR) is 134 cm³/mol. The maximum atomic E-state index is 12.8. The minimum absolute atomic E-state index is 0.215. The average Bonchev–Trinajstić information content (AvgIpc) is 3.56. The van der Waals surface area contributed by atoms with Gasteiger partial charge in [-0.05, 0) is 36.4 Å². The molecule has 1 amide bonds. The number of hydrogen-bond acceptors (Lipinski definition) is 6. The van der Waals surface area contributed by atoms with E-state index in [9.17, 15) is 4.79 Å². The van der Waals surface area contributed by atoms with Crippen LogP contribution in [0.2, 0.25) is 10.0 Å². The van der Waals surface area contributed by atoms with Crippen LogP contribution >= 0.6 is 23.2 Å². The van der Waals surface area contributed by atoms with Gasteiger partial charge in [0.25, 0.3) is 5.91 Å². The van der Waals surface area contributed by atoms with Gasteiger partial charge in [-0.15, -0.1) is 0 Å². The molecule has 0 aliphatic carbocycles. The molecule has 0 aliphatic heterocycles. The summed E-state index contributed by atoms with van der Waals surface area (Å²) in [6.45, 7) is 0.215.